The maximum atomic E-state index is 11.8. The predicted octanol–water partition coefficient (Wildman–Crippen LogP) is -2.56. The Morgan fingerprint density at radius 2 is 1.96 bits per heavy atom. The molecule has 1 fully saturated rings. The number of nitrogens with two attached hydrogens (primary N) is 2. The van der Waals surface area contributed by atoms with E-state index in [2.05, 4.69) is 19.9 Å². The summed E-state index contributed by atoms with van der Waals surface area (Å²) in [5.41, 5.74) is 11.4. The molecule has 12 nitrogen and oxygen atoms in total. The first-order valence-electron chi connectivity index (χ1n) is 7.36. The molecule has 1 aliphatic heterocycles. The van der Waals surface area contributed by atoms with E-state index in [1.807, 2.05) is 0 Å². The Morgan fingerprint density at radius 3 is 2.64 bits per heavy atom. The van der Waals surface area contributed by atoms with Gasteiger partial charge in [0.15, 0.2) is 11.9 Å². The minimum absolute atomic E-state index is 0.00648. The standard InChI is InChI=1S/C13H15N7O5/c14-8-4-5-9(15)18-13(24)19-11(5)20(10(4)17-2-16-8)12-7(23)6(22)3(1-21)25-12/h2-3,6-7,12,21-23H,1H2,(H2,14,16,17)(H3,15,18,19,24)/t3-,6-,7-,12-/m1/s1. The summed E-state index contributed by atoms with van der Waals surface area (Å²) < 4.78 is 6.85. The third-order valence-electron chi connectivity index (χ3n) is 4.28. The third-order valence-corrected chi connectivity index (χ3v) is 4.28. The van der Waals surface area contributed by atoms with Crippen molar-refractivity contribution in [2.45, 2.75) is 24.5 Å². The third kappa shape index (κ3) is 2.09. The lowest BCUT2D eigenvalue weighted by Gasteiger charge is -2.17. The molecule has 1 saturated heterocycles. The van der Waals surface area contributed by atoms with E-state index in [1.165, 1.54) is 10.9 Å². The Labute approximate surface area is 138 Å². The van der Waals surface area contributed by atoms with Gasteiger partial charge in [0.2, 0.25) is 0 Å². The summed E-state index contributed by atoms with van der Waals surface area (Å²) in [6.45, 7) is -0.501. The monoisotopic (exact) mass is 349 g/mol. The molecular formula is C13H15N7O5. The van der Waals surface area contributed by atoms with Crippen LogP contribution in [0.15, 0.2) is 11.1 Å². The van der Waals surface area contributed by atoms with Gasteiger partial charge in [0, 0.05) is 0 Å². The molecule has 0 radical (unpaired) electrons. The molecule has 25 heavy (non-hydrogen) atoms. The summed E-state index contributed by atoms with van der Waals surface area (Å²) in [5, 5.41) is 30.3. The van der Waals surface area contributed by atoms with Crippen molar-refractivity contribution < 1.29 is 20.1 Å². The Hall–Kier alpha value is -2.80. The molecule has 0 unspecified atom stereocenters. The zero-order valence-corrected chi connectivity index (χ0v) is 12.7. The van der Waals surface area contributed by atoms with Gasteiger partial charge in [-0.15, -0.1) is 0 Å². The first-order chi connectivity index (χ1) is 11.9. The van der Waals surface area contributed by atoms with Crippen molar-refractivity contribution in [2.75, 3.05) is 18.1 Å². The van der Waals surface area contributed by atoms with Crippen LogP contribution in [0.2, 0.25) is 0 Å². The summed E-state index contributed by atoms with van der Waals surface area (Å²) in [6.07, 6.45) is -3.69. The number of aliphatic hydroxyl groups is 3. The number of fused-ring (bicyclic) bond motifs is 3. The van der Waals surface area contributed by atoms with Gasteiger partial charge >= 0.3 is 5.69 Å². The van der Waals surface area contributed by atoms with Crippen molar-refractivity contribution in [1.29, 1.82) is 0 Å². The normalized spacial score (nSPS) is 26.7. The van der Waals surface area contributed by atoms with Crippen LogP contribution in [0, 0.1) is 0 Å². The van der Waals surface area contributed by atoms with Gasteiger partial charge in [0.25, 0.3) is 0 Å². The Morgan fingerprint density at radius 1 is 1.20 bits per heavy atom. The molecule has 0 bridgehead atoms. The van der Waals surface area contributed by atoms with Crippen LogP contribution in [-0.4, -0.2) is 64.7 Å². The van der Waals surface area contributed by atoms with E-state index in [1.54, 1.807) is 0 Å². The summed E-state index contributed by atoms with van der Waals surface area (Å²) in [6, 6.07) is 0. The highest BCUT2D eigenvalue weighted by atomic mass is 16.6. The number of hydrogen-bond acceptors (Lipinski definition) is 10. The van der Waals surface area contributed by atoms with Crippen LogP contribution in [0.4, 0.5) is 11.6 Å². The van der Waals surface area contributed by atoms with Crippen LogP contribution in [0.25, 0.3) is 22.1 Å². The van der Waals surface area contributed by atoms with E-state index in [0.717, 1.165) is 0 Å². The van der Waals surface area contributed by atoms with Gasteiger partial charge in [-0.2, -0.15) is 4.98 Å². The maximum Gasteiger partial charge on any atom is 0.348 e. The van der Waals surface area contributed by atoms with Crippen LogP contribution in [0.1, 0.15) is 6.23 Å². The van der Waals surface area contributed by atoms with Gasteiger partial charge in [0.05, 0.1) is 17.4 Å². The van der Waals surface area contributed by atoms with E-state index in [-0.39, 0.29) is 22.9 Å². The molecule has 1 aliphatic rings. The number of nitrogen functional groups attached to an aromatic ring is 2. The number of rotatable bonds is 2. The number of aliphatic hydroxyl groups excluding tert-OH is 3. The zero-order valence-electron chi connectivity index (χ0n) is 12.7. The highest BCUT2D eigenvalue weighted by molar-refractivity contribution is 6.14. The highest BCUT2D eigenvalue weighted by Gasteiger charge is 2.45. The molecule has 12 heteroatoms. The van der Waals surface area contributed by atoms with Crippen LogP contribution in [0.3, 0.4) is 0 Å². The smallest absolute Gasteiger partial charge is 0.348 e. The van der Waals surface area contributed by atoms with Crippen molar-refractivity contribution in [3.8, 4) is 0 Å². The lowest BCUT2D eigenvalue weighted by Crippen LogP contribution is -2.33. The molecule has 0 saturated carbocycles. The van der Waals surface area contributed by atoms with Gasteiger partial charge < -0.3 is 31.5 Å². The van der Waals surface area contributed by atoms with Gasteiger partial charge in [-0.1, -0.05) is 0 Å². The quantitative estimate of drug-likeness (QED) is 0.286. The SMILES string of the molecule is Nc1ncnc2c1c1c(N)[nH]c(=O)nc1n2[C@@H]1O[C@H](CO)[C@@H](O)[C@H]1O. The molecule has 0 aromatic carbocycles. The summed E-state index contributed by atoms with van der Waals surface area (Å²) in [7, 11) is 0. The van der Waals surface area contributed by atoms with Gasteiger partial charge in [0.1, 0.15) is 41.9 Å². The minimum atomic E-state index is -1.39. The number of aromatic nitrogens is 5. The molecule has 4 atom stereocenters. The lowest BCUT2D eigenvalue weighted by atomic mass is 10.1. The van der Waals surface area contributed by atoms with Gasteiger partial charge in [-0.25, -0.2) is 14.8 Å². The lowest BCUT2D eigenvalue weighted by molar-refractivity contribution is -0.0492. The first kappa shape index (κ1) is 15.7. The van der Waals surface area contributed by atoms with Crippen LogP contribution >= 0.6 is 0 Å². The number of H-pyrrole nitrogens is 1. The first-order valence-corrected chi connectivity index (χ1v) is 7.36. The molecule has 4 heterocycles. The number of anilines is 2. The second kappa shape index (κ2) is 5.35. The van der Waals surface area contributed by atoms with Gasteiger partial charge in [-0.05, 0) is 0 Å². The molecular weight excluding hydrogens is 334 g/mol. The van der Waals surface area contributed by atoms with Crippen molar-refractivity contribution >= 4 is 33.7 Å². The summed E-state index contributed by atoms with van der Waals surface area (Å²) in [5.74, 6) is 0.105. The predicted molar refractivity (Wildman–Crippen MR) is 85.3 cm³/mol. The number of nitrogens with one attached hydrogen (secondary N) is 1. The van der Waals surface area contributed by atoms with E-state index in [4.69, 9.17) is 16.2 Å². The second-order valence-corrected chi connectivity index (χ2v) is 5.71. The van der Waals surface area contributed by atoms with E-state index in [9.17, 15) is 20.1 Å². The van der Waals surface area contributed by atoms with Crippen molar-refractivity contribution in [3.05, 3.63) is 16.8 Å². The number of aromatic amines is 1. The second-order valence-electron chi connectivity index (χ2n) is 5.71. The molecule has 0 spiro atoms. The van der Waals surface area contributed by atoms with Crippen molar-refractivity contribution in [3.63, 3.8) is 0 Å². The van der Waals surface area contributed by atoms with Crippen LogP contribution < -0.4 is 17.2 Å². The topological polar surface area (TPSA) is 198 Å². The largest absolute Gasteiger partial charge is 0.394 e. The molecule has 4 rings (SSSR count). The van der Waals surface area contributed by atoms with E-state index in [0.29, 0.717) is 10.8 Å². The number of nitrogens with zero attached hydrogens (tertiary/aromatic N) is 4. The fourth-order valence-electron chi connectivity index (χ4n) is 3.15. The summed E-state index contributed by atoms with van der Waals surface area (Å²) in [4.78, 5) is 26.1. The highest BCUT2D eigenvalue weighted by Crippen LogP contribution is 2.38. The molecule has 3 aromatic heterocycles. The average molecular weight is 349 g/mol. The molecule has 132 valence electrons. The Kier molecular flexibility index (Phi) is 3.36. The molecule has 0 aliphatic carbocycles. The van der Waals surface area contributed by atoms with Crippen LogP contribution in [-0.2, 0) is 4.74 Å². The van der Waals surface area contributed by atoms with E-state index < -0.39 is 36.8 Å². The molecule has 0 amide bonds. The zero-order chi connectivity index (χ0) is 17.9. The minimum Gasteiger partial charge on any atom is -0.394 e. The number of hydrogen-bond donors (Lipinski definition) is 6. The van der Waals surface area contributed by atoms with Crippen molar-refractivity contribution in [1.82, 2.24) is 24.5 Å². The van der Waals surface area contributed by atoms with E-state index >= 15 is 0 Å². The Balaban J connectivity index is 2.09. The fraction of sp³-hybridized carbons (Fsp3) is 0.385. The average Bonchev–Trinajstić information content (AvgIpc) is 3.04. The fourth-order valence-corrected chi connectivity index (χ4v) is 3.15. The van der Waals surface area contributed by atoms with Crippen molar-refractivity contribution in [2.24, 2.45) is 0 Å². The molecule has 3 aromatic rings. The van der Waals surface area contributed by atoms with Gasteiger partial charge in [-0.3, -0.25) is 9.55 Å². The van der Waals surface area contributed by atoms with Crippen LogP contribution in [0.5, 0.6) is 0 Å². The summed E-state index contributed by atoms with van der Waals surface area (Å²) >= 11 is 0. The molecule has 8 N–H and O–H groups in total. The Bertz CT molecular complexity index is 1030. The maximum absolute atomic E-state index is 11.8. The number of ether oxygens (including phenoxy) is 1.